The molecule has 0 aliphatic carbocycles. The summed E-state index contributed by atoms with van der Waals surface area (Å²) >= 11 is 0. The molecule has 0 aromatic rings. The first-order chi connectivity index (χ1) is 5.14. The lowest BCUT2D eigenvalue weighted by molar-refractivity contribution is -0.0715. The molecule has 0 saturated carbocycles. The van der Waals surface area contributed by atoms with Gasteiger partial charge in [-0.15, -0.1) is 0 Å². The average Bonchev–Trinajstić information content (AvgIpc) is 2.39. The molecule has 5 nitrogen and oxygen atoms in total. The van der Waals surface area contributed by atoms with Gasteiger partial charge in [-0.25, -0.2) is 0 Å². The molecule has 2 unspecified atom stereocenters. The Bertz CT molecular complexity index is 176. The van der Waals surface area contributed by atoms with Crippen molar-refractivity contribution in [2.45, 2.75) is 24.0 Å². The average molecular weight is 161 g/mol. The van der Waals surface area contributed by atoms with Crippen molar-refractivity contribution in [3.63, 3.8) is 0 Å². The van der Waals surface area contributed by atoms with Crippen molar-refractivity contribution in [3.05, 3.63) is 0 Å². The summed E-state index contributed by atoms with van der Waals surface area (Å²) in [6.07, 6.45) is -2.11. The van der Waals surface area contributed by atoms with Gasteiger partial charge in [0.25, 0.3) is 0 Å². The first kappa shape index (κ1) is 7.45. The summed E-state index contributed by atoms with van der Waals surface area (Å²) in [4.78, 5) is 0. The van der Waals surface area contributed by atoms with Gasteiger partial charge in [-0.1, -0.05) is 0 Å². The molecule has 4 N–H and O–H groups in total. The quantitative estimate of drug-likeness (QED) is 0.375. The third kappa shape index (κ3) is 0.830. The van der Waals surface area contributed by atoms with Crippen LogP contribution in [0.25, 0.3) is 0 Å². The summed E-state index contributed by atoms with van der Waals surface area (Å²) in [6.45, 7) is 0.274. The number of fused-ring (bicyclic) bond motifs is 1. The lowest BCUT2D eigenvalue weighted by Gasteiger charge is -2.24. The lowest BCUT2D eigenvalue weighted by atomic mass is 10.0. The van der Waals surface area contributed by atoms with Gasteiger partial charge in [0.2, 0.25) is 0 Å². The van der Waals surface area contributed by atoms with Gasteiger partial charge in [0, 0.05) is 0 Å². The number of hydrogen-bond acceptors (Lipinski definition) is 5. The molecule has 0 radical (unpaired) electrons. The third-order valence-corrected chi connectivity index (χ3v) is 2.25. The van der Waals surface area contributed by atoms with Crippen molar-refractivity contribution in [2.24, 2.45) is 5.73 Å². The highest BCUT2D eigenvalue weighted by Gasteiger charge is 2.57. The minimum atomic E-state index is -1.18. The molecule has 4 atom stereocenters. The highest BCUT2D eigenvalue weighted by molar-refractivity contribution is 5.03. The van der Waals surface area contributed by atoms with Crippen LogP contribution in [0, 0.1) is 0 Å². The summed E-state index contributed by atoms with van der Waals surface area (Å²) in [5.41, 5.74) is 4.46. The Morgan fingerprint density at radius 1 is 1.36 bits per heavy atom. The van der Waals surface area contributed by atoms with Gasteiger partial charge in [0.1, 0.15) is 18.3 Å². The van der Waals surface area contributed by atoms with Crippen LogP contribution in [-0.2, 0) is 9.47 Å². The van der Waals surface area contributed by atoms with E-state index in [4.69, 9.17) is 15.2 Å². The van der Waals surface area contributed by atoms with E-state index in [9.17, 15) is 10.2 Å². The van der Waals surface area contributed by atoms with Crippen molar-refractivity contribution in [1.82, 2.24) is 0 Å². The maximum absolute atomic E-state index is 9.29. The summed E-state index contributed by atoms with van der Waals surface area (Å²) < 4.78 is 10.1. The molecule has 5 heteroatoms. The molecule has 0 spiro atoms. The Hall–Kier alpha value is -0.200. The smallest absolute Gasteiger partial charge is 0.174 e. The van der Waals surface area contributed by atoms with E-state index in [1.807, 2.05) is 0 Å². The van der Waals surface area contributed by atoms with E-state index in [2.05, 4.69) is 0 Å². The minimum absolute atomic E-state index is 0.137. The van der Waals surface area contributed by atoms with Crippen LogP contribution in [-0.4, -0.2) is 47.5 Å². The Morgan fingerprint density at radius 2 is 2.09 bits per heavy atom. The van der Waals surface area contributed by atoms with Crippen LogP contribution in [0.3, 0.4) is 0 Å². The number of aliphatic hydroxyl groups excluding tert-OH is 2. The number of ether oxygens (including phenoxy) is 2. The molecule has 64 valence electrons. The second kappa shape index (κ2) is 2.15. The van der Waals surface area contributed by atoms with Crippen LogP contribution < -0.4 is 5.73 Å². The molecule has 2 heterocycles. The molecule has 2 rings (SSSR count). The standard InChI is InChI=1S/C6H11NO4/c7-6-4(9)2-10-5(6)3(8)1-11-6/h3-5,8-9H,1-2,7H2/t3?,4?,5-,6-/m1/s1. The fourth-order valence-electron chi connectivity index (χ4n) is 1.55. The van der Waals surface area contributed by atoms with Crippen molar-refractivity contribution in [2.75, 3.05) is 13.2 Å². The zero-order valence-electron chi connectivity index (χ0n) is 5.93. The van der Waals surface area contributed by atoms with Crippen LogP contribution in [0.15, 0.2) is 0 Å². The van der Waals surface area contributed by atoms with E-state index < -0.39 is 24.0 Å². The number of aliphatic hydroxyl groups is 2. The van der Waals surface area contributed by atoms with Gasteiger partial charge in [0.15, 0.2) is 5.72 Å². The molecule has 2 fully saturated rings. The highest BCUT2D eigenvalue weighted by atomic mass is 16.6. The number of hydrogen-bond donors (Lipinski definition) is 3. The van der Waals surface area contributed by atoms with Crippen LogP contribution in [0.1, 0.15) is 0 Å². The highest BCUT2D eigenvalue weighted by Crippen LogP contribution is 2.33. The second-order valence-electron chi connectivity index (χ2n) is 3.00. The molecule has 2 aliphatic rings. The summed E-state index contributed by atoms with van der Waals surface area (Å²) in [6, 6.07) is 0. The van der Waals surface area contributed by atoms with E-state index in [1.54, 1.807) is 0 Å². The summed E-state index contributed by atoms with van der Waals surface area (Å²) in [7, 11) is 0. The number of nitrogens with two attached hydrogens (primary N) is 1. The maximum atomic E-state index is 9.29. The number of rotatable bonds is 0. The SMILES string of the molecule is N[C@]12OCC(O)[C@H]1OCC2O. The van der Waals surface area contributed by atoms with Gasteiger partial charge >= 0.3 is 0 Å². The first-order valence-corrected chi connectivity index (χ1v) is 3.55. The predicted molar refractivity (Wildman–Crippen MR) is 34.6 cm³/mol. The fourth-order valence-corrected chi connectivity index (χ4v) is 1.55. The van der Waals surface area contributed by atoms with Crippen molar-refractivity contribution in [1.29, 1.82) is 0 Å². The summed E-state index contributed by atoms with van der Waals surface area (Å²) in [5, 5.41) is 18.5. The molecule has 0 bridgehead atoms. The monoisotopic (exact) mass is 161 g/mol. The van der Waals surface area contributed by atoms with E-state index in [1.165, 1.54) is 0 Å². The van der Waals surface area contributed by atoms with Gasteiger partial charge in [-0.05, 0) is 0 Å². The molecular weight excluding hydrogens is 150 g/mol. The third-order valence-electron chi connectivity index (χ3n) is 2.25. The Balaban J connectivity index is 2.23. The van der Waals surface area contributed by atoms with Gasteiger partial charge in [-0.3, -0.25) is 5.73 Å². The van der Waals surface area contributed by atoms with Gasteiger partial charge in [-0.2, -0.15) is 0 Å². The Kier molecular flexibility index (Phi) is 1.45. The molecule has 0 aromatic carbocycles. The van der Waals surface area contributed by atoms with E-state index in [0.29, 0.717) is 0 Å². The molecule has 2 aliphatic heterocycles. The largest absolute Gasteiger partial charge is 0.388 e. The second-order valence-corrected chi connectivity index (χ2v) is 3.00. The van der Waals surface area contributed by atoms with E-state index in [-0.39, 0.29) is 13.2 Å². The van der Waals surface area contributed by atoms with Crippen LogP contribution in [0.5, 0.6) is 0 Å². The van der Waals surface area contributed by atoms with Gasteiger partial charge < -0.3 is 19.7 Å². The lowest BCUT2D eigenvalue weighted by Crippen LogP contribution is -2.55. The van der Waals surface area contributed by atoms with Crippen molar-refractivity contribution < 1.29 is 19.7 Å². The normalized spacial score (nSPS) is 56.5. The van der Waals surface area contributed by atoms with Gasteiger partial charge in [0.05, 0.1) is 13.2 Å². The maximum Gasteiger partial charge on any atom is 0.174 e. The molecular formula is C6H11NO4. The summed E-state index contributed by atoms with van der Waals surface area (Å²) in [5.74, 6) is 0. The van der Waals surface area contributed by atoms with E-state index in [0.717, 1.165) is 0 Å². The van der Waals surface area contributed by atoms with Crippen LogP contribution in [0.4, 0.5) is 0 Å². The first-order valence-electron chi connectivity index (χ1n) is 3.55. The Labute approximate surface area is 63.7 Å². The molecule has 2 saturated heterocycles. The molecule has 0 aromatic heterocycles. The Morgan fingerprint density at radius 3 is 2.73 bits per heavy atom. The zero-order valence-corrected chi connectivity index (χ0v) is 5.93. The van der Waals surface area contributed by atoms with Crippen molar-refractivity contribution >= 4 is 0 Å². The topological polar surface area (TPSA) is 84.9 Å². The fraction of sp³-hybridized carbons (Fsp3) is 1.00. The molecule has 11 heavy (non-hydrogen) atoms. The van der Waals surface area contributed by atoms with Crippen LogP contribution >= 0.6 is 0 Å². The van der Waals surface area contributed by atoms with Crippen LogP contribution in [0.2, 0.25) is 0 Å². The van der Waals surface area contributed by atoms with E-state index >= 15 is 0 Å². The zero-order chi connectivity index (χ0) is 8.06. The predicted octanol–water partition coefficient (Wildman–Crippen LogP) is -2.21. The van der Waals surface area contributed by atoms with Crippen molar-refractivity contribution in [3.8, 4) is 0 Å². The molecule has 0 amide bonds. The minimum Gasteiger partial charge on any atom is -0.388 e.